The predicted octanol–water partition coefficient (Wildman–Crippen LogP) is -0.0222. The van der Waals surface area contributed by atoms with E-state index in [2.05, 4.69) is 16.0 Å². The van der Waals surface area contributed by atoms with Gasteiger partial charge in [-0.1, -0.05) is 39.8 Å². The normalized spacial score (nSPS) is 14.4. The lowest BCUT2D eigenvalue weighted by Crippen LogP contribution is -2.58. The third kappa shape index (κ3) is 9.90. The van der Waals surface area contributed by atoms with E-state index in [1.807, 2.05) is 0 Å². The molecule has 0 aliphatic heterocycles. The number of phenolic OH excluding ortho intramolecular Hbond substituents is 1. The highest BCUT2D eigenvalue weighted by Gasteiger charge is 2.32. The Morgan fingerprint density at radius 3 is 1.81 bits per heavy atom. The largest absolute Gasteiger partial charge is 0.508 e. The molecular weight excluding hydrogens is 472 g/mol. The molecule has 0 spiro atoms. The molecule has 200 valence electrons. The van der Waals surface area contributed by atoms with Gasteiger partial charge in [0.25, 0.3) is 0 Å². The molecule has 0 bridgehead atoms. The first-order valence-corrected chi connectivity index (χ1v) is 11.6. The van der Waals surface area contributed by atoms with Gasteiger partial charge < -0.3 is 37.0 Å². The minimum Gasteiger partial charge on any atom is -0.508 e. The molecule has 12 nitrogen and oxygen atoms in total. The van der Waals surface area contributed by atoms with Crippen LogP contribution in [0.5, 0.6) is 5.75 Å². The van der Waals surface area contributed by atoms with Crippen molar-refractivity contribution in [3.8, 4) is 5.75 Å². The molecular formula is C24H36N4O8. The summed E-state index contributed by atoms with van der Waals surface area (Å²) in [5.41, 5.74) is 6.39. The summed E-state index contributed by atoms with van der Waals surface area (Å²) in [7, 11) is 0. The fraction of sp³-hybridized carbons (Fsp3) is 0.542. The highest BCUT2D eigenvalue weighted by Crippen LogP contribution is 2.13. The second kappa shape index (κ2) is 14.0. The second-order valence-electron chi connectivity index (χ2n) is 9.26. The lowest BCUT2D eigenvalue weighted by molar-refractivity contribution is -0.143. The van der Waals surface area contributed by atoms with Crippen LogP contribution in [0.2, 0.25) is 0 Å². The number of nitrogens with one attached hydrogen (secondary N) is 3. The van der Waals surface area contributed by atoms with E-state index in [1.165, 1.54) is 24.3 Å². The van der Waals surface area contributed by atoms with Crippen molar-refractivity contribution >= 4 is 29.7 Å². The molecule has 1 aromatic carbocycles. The van der Waals surface area contributed by atoms with Crippen molar-refractivity contribution in [3.63, 3.8) is 0 Å². The van der Waals surface area contributed by atoms with Gasteiger partial charge in [-0.05, 0) is 36.0 Å². The summed E-state index contributed by atoms with van der Waals surface area (Å²) < 4.78 is 0. The smallest absolute Gasteiger partial charge is 0.326 e. The van der Waals surface area contributed by atoms with Crippen molar-refractivity contribution in [1.29, 1.82) is 0 Å². The van der Waals surface area contributed by atoms with Crippen LogP contribution in [0.15, 0.2) is 24.3 Å². The molecule has 0 heterocycles. The lowest BCUT2D eigenvalue weighted by Gasteiger charge is -2.26. The summed E-state index contributed by atoms with van der Waals surface area (Å²) >= 11 is 0. The third-order valence-corrected chi connectivity index (χ3v) is 5.54. The van der Waals surface area contributed by atoms with Gasteiger partial charge in [0.15, 0.2) is 0 Å². The van der Waals surface area contributed by atoms with Crippen molar-refractivity contribution in [3.05, 3.63) is 29.8 Å². The SMILES string of the molecule is CC(C)C(N)C(=O)NC(CCC(=O)O)C(=O)NC(Cc1ccc(O)cc1)C(=O)NC(C(=O)O)C(C)C. The number of aliphatic carboxylic acids is 2. The van der Waals surface area contributed by atoms with Crippen LogP contribution in [0.4, 0.5) is 0 Å². The minimum atomic E-state index is -1.30. The molecule has 0 saturated carbocycles. The van der Waals surface area contributed by atoms with Crippen LogP contribution in [-0.2, 0) is 30.4 Å². The highest BCUT2D eigenvalue weighted by atomic mass is 16.4. The Kier molecular flexibility index (Phi) is 11.8. The number of hydrogen-bond donors (Lipinski definition) is 7. The molecule has 0 aliphatic rings. The highest BCUT2D eigenvalue weighted by molar-refractivity contribution is 5.94. The van der Waals surface area contributed by atoms with E-state index in [0.29, 0.717) is 5.56 Å². The summed E-state index contributed by atoms with van der Waals surface area (Å²) in [6, 6.07) is 1.13. The van der Waals surface area contributed by atoms with Crippen LogP contribution in [-0.4, -0.2) is 69.1 Å². The molecule has 4 atom stereocenters. The quantitative estimate of drug-likeness (QED) is 0.180. The topological polar surface area (TPSA) is 208 Å². The minimum absolute atomic E-state index is 0.00697. The average molecular weight is 509 g/mol. The van der Waals surface area contributed by atoms with Crippen molar-refractivity contribution < 1.29 is 39.3 Å². The zero-order valence-corrected chi connectivity index (χ0v) is 20.9. The van der Waals surface area contributed by atoms with Gasteiger partial charge in [-0.2, -0.15) is 0 Å². The Morgan fingerprint density at radius 1 is 0.806 bits per heavy atom. The van der Waals surface area contributed by atoms with Gasteiger partial charge in [0.05, 0.1) is 6.04 Å². The van der Waals surface area contributed by atoms with Crippen molar-refractivity contribution in [2.45, 2.75) is 71.1 Å². The Balaban J connectivity index is 3.19. The molecule has 0 aliphatic carbocycles. The average Bonchev–Trinajstić information content (AvgIpc) is 2.79. The third-order valence-electron chi connectivity index (χ3n) is 5.54. The van der Waals surface area contributed by atoms with Crippen LogP contribution in [0.25, 0.3) is 0 Å². The fourth-order valence-electron chi connectivity index (χ4n) is 3.22. The first kappa shape index (κ1) is 30.4. The number of benzene rings is 1. The molecule has 36 heavy (non-hydrogen) atoms. The van der Waals surface area contributed by atoms with Crippen LogP contribution in [0.3, 0.4) is 0 Å². The molecule has 4 unspecified atom stereocenters. The van der Waals surface area contributed by atoms with Crippen LogP contribution in [0.1, 0.15) is 46.1 Å². The van der Waals surface area contributed by atoms with Gasteiger partial charge in [-0.15, -0.1) is 0 Å². The Morgan fingerprint density at radius 2 is 1.33 bits per heavy atom. The monoisotopic (exact) mass is 508 g/mol. The molecule has 0 radical (unpaired) electrons. The van der Waals surface area contributed by atoms with Crippen molar-refractivity contribution in [2.24, 2.45) is 17.6 Å². The molecule has 0 saturated heterocycles. The van der Waals surface area contributed by atoms with Gasteiger partial charge in [-0.25, -0.2) is 4.79 Å². The number of carboxylic acid groups (broad SMARTS) is 2. The van der Waals surface area contributed by atoms with Crippen molar-refractivity contribution in [1.82, 2.24) is 16.0 Å². The molecule has 1 aromatic rings. The van der Waals surface area contributed by atoms with Gasteiger partial charge in [0, 0.05) is 12.8 Å². The maximum atomic E-state index is 13.1. The number of hydrogen-bond acceptors (Lipinski definition) is 7. The van der Waals surface area contributed by atoms with Gasteiger partial charge in [-0.3, -0.25) is 19.2 Å². The molecule has 0 fully saturated rings. The number of carboxylic acids is 2. The number of rotatable bonds is 14. The molecule has 12 heteroatoms. The predicted molar refractivity (Wildman–Crippen MR) is 130 cm³/mol. The zero-order chi connectivity index (χ0) is 27.6. The number of aromatic hydroxyl groups is 1. The molecule has 0 aromatic heterocycles. The van der Waals surface area contributed by atoms with E-state index in [9.17, 15) is 34.2 Å². The van der Waals surface area contributed by atoms with E-state index < -0.39 is 66.2 Å². The summed E-state index contributed by atoms with van der Waals surface area (Å²) in [6.45, 7) is 6.65. The summed E-state index contributed by atoms with van der Waals surface area (Å²) in [6.07, 6.45) is -0.749. The Labute approximate surface area is 209 Å². The van der Waals surface area contributed by atoms with Gasteiger partial charge in [0.2, 0.25) is 17.7 Å². The number of nitrogens with two attached hydrogens (primary N) is 1. The van der Waals surface area contributed by atoms with Crippen LogP contribution < -0.4 is 21.7 Å². The van der Waals surface area contributed by atoms with E-state index in [4.69, 9.17) is 10.8 Å². The van der Waals surface area contributed by atoms with E-state index in [-0.39, 0.29) is 24.5 Å². The summed E-state index contributed by atoms with van der Waals surface area (Å²) in [4.78, 5) is 61.3. The second-order valence-corrected chi connectivity index (χ2v) is 9.26. The zero-order valence-electron chi connectivity index (χ0n) is 20.9. The first-order chi connectivity index (χ1) is 16.7. The lowest BCUT2D eigenvalue weighted by atomic mass is 10.0. The first-order valence-electron chi connectivity index (χ1n) is 11.6. The standard InChI is InChI=1S/C24H36N4O8/c1-12(2)19(25)23(34)26-16(9-10-18(30)31)21(32)27-17(11-14-5-7-15(29)8-6-14)22(33)28-20(13(3)4)24(35)36/h5-8,12-13,16-17,19-20,29H,9-11,25H2,1-4H3,(H,26,34)(H,27,32)(H,28,33)(H,30,31)(H,35,36). The maximum absolute atomic E-state index is 13.1. The molecule has 8 N–H and O–H groups in total. The Bertz CT molecular complexity index is 933. The van der Waals surface area contributed by atoms with E-state index >= 15 is 0 Å². The van der Waals surface area contributed by atoms with Crippen molar-refractivity contribution in [2.75, 3.05) is 0 Å². The fourth-order valence-corrected chi connectivity index (χ4v) is 3.22. The van der Waals surface area contributed by atoms with Gasteiger partial charge in [0.1, 0.15) is 23.9 Å². The van der Waals surface area contributed by atoms with E-state index in [0.717, 1.165) is 0 Å². The number of carbonyl (C=O) groups excluding carboxylic acids is 3. The van der Waals surface area contributed by atoms with Gasteiger partial charge >= 0.3 is 11.9 Å². The summed E-state index contributed by atoms with van der Waals surface area (Å²) in [5, 5.41) is 35.4. The van der Waals surface area contributed by atoms with Crippen LogP contribution in [0, 0.1) is 11.8 Å². The number of carbonyl (C=O) groups is 5. The molecule has 3 amide bonds. The van der Waals surface area contributed by atoms with E-state index in [1.54, 1.807) is 27.7 Å². The van der Waals surface area contributed by atoms with Crippen LogP contribution >= 0.6 is 0 Å². The molecule has 1 rings (SSSR count). The number of phenols is 1. The maximum Gasteiger partial charge on any atom is 0.326 e. The summed E-state index contributed by atoms with van der Waals surface area (Å²) in [5.74, 6) is -5.39. The Hall–Kier alpha value is -3.67. The number of amides is 3.